The first kappa shape index (κ1) is 16.5. The van der Waals surface area contributed by atoms with Crippen molar-refractivity contribution in [3.63, 3.8) is 0 Å². The SMILES string of the molecule is O=C(O)CSc1nnc(Cc2ccccc2)n1COCCO. The van der Waals surface area contributed by atoms with Gasteiger partial charge in [-0.25, -0.2) is 0 Å². The highest BCUT2D eigenvalue weighted by molar-refractivity contribution is 7.99. The first-order chi connectivity index (χ1) is 10.7. The minimum Gasteiger partial charge on any atom is -0.481 e. The van der Waals surface area contributed by atoms with Crippen LogP contribution in [0.25, 0.3) is 0 Å². The van der Waals surface area contributed by atoms with Crippen LogP contribution in [0.5, 0.6) is 0 Å². The van der Waals surface area contributed by atoms with Gasteiger partial charge in [0.05, 0.1) is 19.0 Å². The molecule has 1 aromatic carbocycles. The van der Waals surface area contributed by atoms with Gasteiger partial charge in [-0.15, -0.1) is 10.2 Å². The molecule has 7 nitrogen and oxygen atoms in total. The molecule has 1 aromatic heterocycles. The molecule has 0 aliphatic rings. The average Bonchev–Trinajstić information content (AvgIpc) is 2.89. The summed E-state index contributed by atoms with van der Waals surface area (Å²) < 4.78 is 7.06. The lowest BCUT2D eigenvalue weighted by Gasteiger charge is -2.10. The molecule has 0 aliphatic heterocycles. The molecular weight excluding hydrogens is 306 g/mol. The predicted octanol–water partition coefficient (Wildman–Crippen LogP) is 1.01. The van der Waals surface area contributed by atoms with E-state index >= 15 is 0 Å². The standard InChI is InChI=1S/C14H17N3O4S/c18-6-7-21-10-17-12(8-11-4-2-1-3-5-11)15-16-14(17)22-9-13(19)20/h1-5,18H,6-10H2,(H,19,20). The zero-order valence-electron chi connectivity index (χ0n) is 11.9. The van der Waals surface area contributed by atoms with Crippen LogP contribution in [0.4, 0.5) is 0 Å². The molecule has 22 heavy (non-hydrogen) atoms. The second-order valence-electron chi connectivity index (χ2n) is 4.43. The largest absolute Gasteiger partial charge is 0.481 e. The predicted molar refractivity (Wildman–Crippen MR) is 80.7 cm³/mol. The van der Waals surface area contributed by atoms with Crippen molar-refractivity contribution < 1.29 is 19.7 Å². The van der Waals surface area contributed by atoms with Crippen LogP contribution in [0, 0.1) is 0 Å². The Bertz CT molecular complexity index is 603. The molecule has 0 spiro atoms. The Labute approximate surface area is 131 Å². The molecule has 0 radical (unpaired) electrons. The van der Waals surface area contributed by atoms with E-state index < -0.39 is 5.97 Å². The van der Waals surface area contributed by atoms with Gasteiger partial charge in [-0.05, 0) is 5.56 Å². The van der Waals surface area contributed by atoms with Crippen molar-refractivity contribution in [3.8, 4) is 0 Å². The Balaban J connectivity index is 2.14. The van der Waals surface area contributed by atoms with Crippen molar-refractivity contribution in [1.29, 1.82) is 0 Å². The number of carboxylic acids is 1. The lowest BCUT2D eigenvalue weighted by molar-refractivity contribution is -0.133. The number of carbonyl (C=O) groups is 1. The van der Waals surface area contributed by atoms with E-state index in [1.807, 2.05) is 30.3 Å². The summed E-state index contributed by atoms with van der Waals surface area (Å²) in [4.78, 5) is 10.7. The molecule has 0 unspecified atom stereocenters. The highest BCUT2D eigenvalue weighted by Crippen LogP contribution is 2.18. The van der Waals surface area contributed by atoms with Crippen LogP contribution in [0.15, 0.2) is 35.5 Å². The second kappa shape index (κ2) is 8.52. The number of nitrogens with zero attached hydrogens (tertiary/aromatic N) is 3. The lowest BCUT2D eigenvalue weighted by Crippen LogP contribution is -2.11. The first-order valence-corrected chi connectivity index (χ1v) is 7.68. The van der Waals surface area contributed by atoms with Crippen LogP contribution in [0.3, 0.4) is 0 Å². The number of aromatic nitrogens is 3. The molecule has 8 heteroatoms. The fourth-order valence-corrected chi connectivity index (χ4v) is 2.48. The molecular formula is C14H17N3O4S. The molecule has 118 valence electrons. The van der Waals surface area contributed by atoms with Crippen molar-refractivity contribution >= 4 is 17.7 Å². The van der Waals surface area contributed by atoms with E-state index in [4.69, 9.17) is 14.9 Å². The topological polar surface area (TPSA) is 97.5 Å². The number of ether oxygens (including phenoxy) is 1. The van der Waals surface area contributed by atoms with E-state index in [-0.39, 0.29) is 25.7 Å². The molecule has 2 rings (SSSR count). The van der Waals surface area contributed by atoms with Crippen LogP contribution in [0.2, 0.25) is 0 Å². The molecule has 2 N–H and O–H groups in total. The quantitative estimate of drug-likeness (QED) is 0.525. The third-order valence-electron chi connectivity index (χ3n) is 2.78. The van der Waals surface area contributed by atoms with E-state index in [0.29, 0.717) is 17.4 Å². The van der Waals surface area contributed by atoms with Crippen LogP contribution in [-0.2, 0) is 22.7 Å². The number of aliphatic hydroxyl groups excluding tert-OH is 1. The van der Waals surface area contributed by atoms with Gasteiger partial charge in [-0.2, -0.15) is 0 Å². The van der Waals surface area contributed by atoms with Gasteiger partial charge in [0.25, 0.3) is 0 Å². The maximum absolute atomic E-state index is 10.7. The molecule has 0 saturated carbocycles. The van der Waals surface area contributed by atoms with Gasteiger partial charge in [0, 0.05) is 6.42 Å². The Morgan fingerprint density at radius 1 is 1.27 bits per heavy atom. The second-order valence-corrected chi connectivity index (χ2v) is 5.38. The Morgan fingerprint density at radius 3 is 2.73 bits per heavy atom. The summed E-state index contributed by atoms with van der Waals surface area (Å²) in [6.45, 7) is 0.303. The summed E-state index contributed by atoms with van der Waals surface area (Å²) in [5, 5.41) is 26.2. The highest BCUT2D eigenvalue weighted by atomic mass is 32.2. The molecule has 0 amide bonds. The number of aliphatic hydroxyl groups is 1. The Morgan fingerprint density at radius 2 is 2.05 bits per heavy atom. The highest BCUT2D eigenvalue weighted by Gasteiger charge is 2.14. The summed E-state index contributed by atoms with van der Waals surface area (Å²) in [6.07, 6.45) is 0.573. The van der Waals surface area contributed by atoms with E-state index in [0.717, 1.165) is 17.3 Å². The molecule has 0 aliphatic carbocycles. The minimum atomic E-state index is -0.916. The monoisotopic (exact) mass is 323 g/mol. The number of rotatable bonds is 9. The van der Waals surface area contributed by atoms with E-state index in [1.54, 1.807) is 4.57 Å². The van der Waals surface area contributed by atoms with E-state index in [1.165, 1.54) is 0 Å². The summed E-state index contributed by atoms with van der Waals surface area (Å²) in [5.41, 5.74) is 1.08. The van der Waals surface area contributed by atoms with Gasteiger partial charge in [0.2, 0.25) is 0 Å². The first-order valence-electron chi connectivity index (χ1n) is 6.70. The van der Waals surface area contributed by atoms with Crippen LogP contribution < -0.4 is 0 Å². The van der Waals surface area contributed by atoms with Crippen molar-refractivity contribution in [2.45, 2.75) is 18.3 Å². The van der Waals surface area contributed by atoms with Crippen molar-refractivity contribution in [1.82, 2.24) is 14.8 Å². The van der Waals surface area contributed by atoms with Crippen LogP contribution >= 0.6 is 11.8 Å². The number of hydrogen-bond donors (Lipinski definition) is 2. The summed E-state index contributed by atoms with van der Waals surface area (Å²) in [7, 11) is 0. The number of hydrogen-bond acceptors (Lipinski definition) is 6. The third-order valence-corrected chi connectivity index (χ3v) is 3.73. The summed E-state index contributed by atoms with van der Waals surface area (Å²) >= 11 is 1.09. The van der Waals surface area contributed by atoms with Gasteiger partial charge in [0.1, 0.15) is 12.6 Å². The number of aliphatic carboxylic acids is 1. The average molecular weight is 323 g/mol. The normalized spacial score (nSPS) is 10.8. The van der Waals surface area contributed by atoms with Gasteiger partial charge in [-0.1, -0.05) is 42.1 Å². The molecule has 0 atom stereocenters. The number of carboxylic acid groups (broad SMARTS) is 1. The maximum atomic E-state index is 10.7. The van der Waals surface area contributed by atoms with E-state index in [9.17, 15) is 4.79 Å². The van der Waals surface area contributed by atoms with Crippen molar-refractivity contribution in [3.05, 3.63) is 41.7 Å². The Hall–Kier alpha value is -1.90. The maximum Gasteiger partial charge on any atom is 0.313 e. The molecule has 0 fully saturated rings. The fraction of sp³-hybridized carbons (Fsp3) is 0.357. The zero-order chi connectivity index (χ0) is 15.8. The van der Waals surface area contributed by atoms with Crippen LogP contribution in [0.1, 0.15) is 11.4 Å². The summed E-state index contributed by atoms with van der Waals surface area (Å²) in [6, 6.07) is 9.79. The van der Waals surface area contributed by atoms with Crippen LogP contribution in [-0.4, -0.2) is 49.9 Å². The van der Waals surface area contributed by atoms with Gasteiger partial charge in [-0.3, -0.25) is 9.36 Å². The van der Waals surface area contributed by atoms with E-state index in [2.05, 4.69) is 10.2 Å². The van der Waals surface area contributed by atoms with Gasteiger partial charge < -0.3 is 14.9 Å². The Kier molecular flexibility index (Phi) is 6.38. The van der Waals surface area contributed by atoms with Gasteiger partial charge in [0.15, 0.2) is 5.16 Å². The zero-order valence-corrected chi connectivity index (χ0v) is 12.7. The molecule has 2 aromatic rings. The summed E-state index contributed by atoms with van der Waals surface area (Å²) in [5.74, 6) is -0.318. The van der Waals surface area contributed by atoms with Crippen molar-refractivity contribution in [2.75, 3.05) is 19.0 Å². The molecule has 0 bridgehead atoms. The smallest absolute Gasteiger partial charge is 0.313 e. The van der Waals surface area contributed by atoms with Gasteiger partial charge >= 0.3 is 5.97 Å². The van der Waals surface area contributed by atoms with Crippen molar-refractivity contribution in [2.24, 2.45) is 0 Å². The fourth-order valence-electron chi connectivity index (χ4n) is 1.81. The lowest BCUT2D eigenvalue weighted by atomic mass is 10.1. The number of benzene rings is 1. The minimum absolute atomic E-state index is 0.0756. The molecule has 0 saturated heterocycles. The third kappa shape index (κ3) is 4.83. The number of thioether (sulfide) groups is 1. The molecule has 1 heterocycles.